The number of rotatable bonds is 4. The van der Waals surface area contributed by atoms with Gasteiger partial charge in [-0.2, -0.15) is 0 Å². The van der Waals surface area contributed by atoms with Crippen molar-refractivity contribution >= 4 is 29.3 Å². The molecule has 0 aliphatic rings. The molecule has 104 valence electrons. The maximum atomic E-state index is 10.8. The highest BCUT2D eigenvalue weighted by atomic mass is 35.5. The van der Waals surface area contributed by atoms with E-state index in [2.05, 4.69) is 0 Å². The normalized spacial score (nSPS) is 11.7. The van der Waals surface area contributed by atoms with E-state index in [1.165, 1.54) is 6.08 Å². The minimum Gasteiger partial charge on any atom is -0.456 e. The van der Waals surface area contributed by atoms with Crippen molar-refractivity contribution in [3.8, 4) is 11.3 Å². The van der Waals surface area contributed by atoms with Crippen LogP contribution in [0.5, 0.6) is 0 Å². The van der Waals surface area contributed by atoms with E-state index in [4.69, 9.17) is 27.6 Å². The smallest absolute Gasteiger partial charge is 0.249 e. The molecule has 0 aliphatic heterocycles. The quantitative estimate of drug-likeness (QED) is 0.570. The number of allylic oxidation sites excluding steroid dienone is 1. The predicted molar refractivity (Wildman–Crippen MR) is 79.4 cm³/mol. The lowest BCUT2D eigenvalue weighted by Crippen LogP contribution is -1.95. The maximum Gasteiger partial charge on any atom is 0.249 e. The highest BCUT2D eigenvalue weighted by Crippen LogP contribution is 2.32. The molecule has 6 heteroatoms. The predicted octanol–water partition coefficient (Wildman–Crippen LogP) is 5.28. The zero-order valence-electron chi connectivity index (χ0n) is 10.6. The van der Waals surface area contributed by atoms with Crippen molar-refractivity contribution < 1.29 is 9.34 Å². The fraction of sp³-hybridized carbons (Fsp3) is 0.143. The van der Waals surface area contributed by atoms with Crippen molar-refractivity contribution in [1.29, 1.82) is 0 Å². The molecule has 1 aromatic heterocycles. The van der Waals surface area contributed by atoms with Crippen molar-refractivity contribution in [3.63, 3.8) is 0 Å². The molecular weight excluding hydrogens is 301 g/mol. The van der Waals surface area contributed by atoms with E-state index in [9.17, 15) is 10.1 Å². The molecule has 2 aromatic rings. The third kappa shape index (κ3) is 3.21. The van der Waals surface area contributed by atoms with Crippen LogP contribution in [-0.2, 0) is 0 Å². The van der Waals surface area contributed by atoms with Gasteiger partial charge >= 0.3 is 0 Å². The highest BCUT2D eigenvalue weighted by molar-refractivity contribution is 6.36. The number of furan rings is 1. The first-order chi connectivity index (χ1) is 9.51. The van der Waals surface area contributed by atoms with Crippen molar-refractivity contribution in [1.82, 2.24) is 0 Å². The van der Waals surface area contributed by atoms with E-state index in [-0.39, 0.29) is 5.70 Å². The summed E-state index contributed by atoms with van der Waals surface area (Å²) >= 11 is 11.9. The average molecular weight is 312 g/mol. The second kappa shape index (κ2) is 6.11. The average Bonchev–Trinajstić information content (AvgIpc) is 2.83. The summed E-state index contributed by atoms with van der Waals surface area (Å²) in [6.45, 7) is 1.72. The SMILES string of the molecule is CC/C(=C\c1ccc(-c2ccc(Cl)cc2Cl)o1)[N+](=O)[O-]. The maximum absolute atomic E-state index is 10.8. The molecule has 0 saturated carbocycles. The Kier molecular flexibility index (Phi) is 4.47. The van der Waals surface area contributed by atoms with Crippen LogP contribution in [-0.4, -0.2) is 4.92 Å². The minimum absolute atomic E-state index is 0.0908. The molecule has 0 radical (unpaired) electrons. The summed E-state index contributed by atoms with van der Waals surface area (Å²) in [5.41, 5.74) is 0.781. The van der Waals surface area contributed by atoms with Crippen LogP contribution in [0.1, 0.15) is 19.1 Å². The zero-order chi connectivity index (χ0) is 14.7. The lowest BCUT2D eigenvalue weighted by molar-refractivity contribution is -0.425. The lowest BCUT2D eigenvalue weighted by Gasteiger charge is -2.00. The third-order valence-electron chi connectivity index (χ3n) is 2.73. The molecule has 0 spiro atoms. The van der Waals surface area contributed by atoms with Gasteiger partial charge in [0.15, 0.2) is 0 Å². The molecule has 0 saturated heterocycles. The highest BCUT2D eigenvalue weighted by Gasteiger charge is 2.12. The molecule has 4 nitrogen and oxygen atoms in total. The van der Waals surface area contributed by atoms with Crippen LogP contribution in [0.3, 0.4) is 0 Å². The lowest BCUT2D eigenvalue weighted by atomic mass is 10.2. The molecule has 0 unspecified atom stereocenters. The molecular formula is C14H11Cl2NO3. The minimum atomic E-state index is -0.419. The van der Waals surface area contributed by atoms with E-state index < -0.39 is 4.92 Å². The Hall–Kier alpha value is -1.78. The number of halogens is 2. The van der Waals surface area contributed by atoms with Gasteiger partial charge in [0.2, 0.25) is 5.70 Å². The van der Waals surface area contributed by atoms with Gasteiger partial charge in [0.1, 0.15) is 11.5 Å². The number of hydrogen-bond donors (Lipinski definition) is 0. The summed E-state index contributed by atoms with van der Waals surface area (Å²) in [5.74, 6) is 0.955. The van der Waals surface area contributed by atoms with Crippen molar-refractivity contribution in [2.75, 3.05) is 0 Å². The third-order valence-corrected chi connectivity index (χ3v) is 3.28. The fourth-order valence-electron chi connectivity index (χ4n) is 1.71. The van der Waals surface area contributed by atoms with Crippen LogP contribution in [0.2, 0.25) is 10.0 Å². The molecule has 0 amide bonds. The molecule has 0 aliphatic carbocycles. The Balaban J connectivity index is 2.36. The first-order valence-corrected chi connectivity index (χ1v) is 6.67. The molecule has 20 heavy (non-hydrogen) atoms. The summed E-state index contributed by atoms with van der Waals surface area (Å²) < 4.78 is 5.56. The topological polar surface area (TPSA) is 56.3 Å². The molecule has 1 heterocycles. The van der Waals surface area contributed by atoms with Crippen LogP contribution in [0.15, 0.2) is 40.4 Å². The van der Waals surface area contributed by atoms with Crippen LogP contribution >= 0.6 is 23.2 Å². The van der Waals surface area contributed by atoms with Gasteiger partial charge in [-0.15, -0.1) is 0 Å². The van der Waals surface area contributed by atoms with Gasteiger partial charge in [-0.3, -0.25) is 10.1 Å². The van der Waals surface area contributed by atoms with Crippen LogP contribution < -0.4 is 0 Å². The Morgan fingerprint density at radius 2 is 2.10 bits per heavy atom. The molecule has 0 atom stereocenters. The fourth-order valence-corrected chi connectivity index (χ4v) is 2.21. The van der Waals surface area contributed by atoms with Gasteiger partial charge in [-0.05, 0) is 30.3 Å². The monoisotopic (exact) mass is 311 g/mol. The zero-order valence-corrected chi connectivity index (χ0v) is 12.1. The van der Waals surface area contributed by atoms with Crippen LogP contribution in [0.4, 0.5) is 0 Å². The summed E-state index contributed by atoms with van der Waals surface area (Å²) in [5, 5.41) is 11.8. The summed E-state index contributed by atoms with van der Waals surface area (Å²) in [6, 6.07) is 8.44. The summed E-state index contributed by atoms with van der Waals surface area (Å²) in [7, 11) is 0. The molecule has 0 fully saturated rings. The van der Waals surface area contributed by atoms with E-state index in [0.29, 0.717) is 33.6 Å². The number of hydrogen-bond acceptors (Lipinski definition) is 3. The van der Waals surface area contributed by atoms with Gasteiger partial charge in [0, 0.05) is 17.0 Å². The second-order valence-electron chi connectivity index (χ2n) is 4.07. The number of nitrogens with zero attached hydrogens (tertiary/aromatic N) is 1. The van der Waals surface area contributed by atoms with E-state index >= 15 is 0 Å². The molecule has 0 N–H and O–H groups in total. The molecule has 1 aromatic carbocycles. The van der Waals surface area contributed by atoms with Gasteiger partial charge in [-0.1, -0.05) is 30.1 Å². The number of benzene rings is 1. The molecule has 0 bridgehead atoms. The van der Waals surface area contributed by atoms with Crippen molar-refractivity contribution in [3.05, 3.63) is 61.9 Å². The van der Waals surface area contributed by atoms with Gasteiger partial charge in [0.25, 0.3) is 0 Å². The van der Waals surface area contributed by atoms with Crippen LogP contribution in [0.25, 0.3) is 17.4 Å². The van der Waals surface area contributed by atoms with E-state index in [1.807, 2.05) is 0 Å². The molecule has 2 rings (SSSR count). The summed E-state index contributed by atoms with van der Waals surface area (Å²) in [6.07, 6.45) is 1.73. The van der Waals surface area contributed by atoms with Gasteiger partial charge in [0.05, 0.1) is 16.0 Å². The Morgan fingerprint density at radius 1 is 1.35 bits per heavy atom. The largest absolute Gasteiger partial charge is 0.456 e. The van der Waals surface area contributed by atoms with E-state index in [1.54, 1.807) is 37.3 Å². The summed E-state index contributed by atoms with van der Waals surface area (Å²) in [4.78, 5) is 10.3. The van der Waals surface area contributed by atoms with Crippen LogP contribution in [0, 0.1) is 10.1 Å². The Labute approximate surface area is 125 Å². The van der Waals surface area contributed by atoms with Crippen molar-refractivity contribution in [2.24, 2.45) is 0 Å². The standard InChI is InChI=1S/C14H11Cl2NO3/c1-2-10(17(18)19)8-11-4-6-14(20-11)12-5-3-9(15)7-13(12)16/h3-8H,2H2,1H3/b10-8+. The van der Waals surface area contributed by atoms with Crippen molar-refractivity contribution in [2.45, 2.75) is 13.3 Å². The van der Waals surface area contributed by atoms with Gasteiger partial charge in [-0.25, -0.2) is 0 Å². The Morgan fingerprint density at radius 3 is 2.70 bits per heavy atom. The number of nitro groups is 1. The first kappa shape index (κ1) is 14.6. The first-order valence-electron chi connectivity index (χ1n) is 5.91. The van der Waals surface area contributed by atoms with Gasteiger partial charge < -0.3 is 4.42 Å². The van der Waals surface area contributed by atoms with E-state index in [0.717, 1.165) is 0 Å². The Bertz CT molecular complexity index is 677. The second-order valence-corrected chi connectivity index (χ2v) is 4.92.